The molecule has 0 fully saturated rings. The molecule has 1 aliphatic carbocycles. The van der Waals surface area contributed by atoms with E-state index in [0.717, 1.165) is 27.5 Å². The number of halogens is 1. The van der Waals surface area contributed by atoms with E-state index in [4.69, 9.17) is 0 Å². The molecule has 5 rings (SSSR count). The molecule has 0 saturated carbocycles. The predicted molar refractivity (Wildman–Crippen MR) is 113 cm³/mol. The van der Waals surface area contributed by atoms with Crippen LogP contribution in [0, 0.1) is 0 Å². The number of hydrogen-bond donors (Lipinski definition) is 2. The lowest BCUT2D eigenvalue weighted by molar-refractivity contribution is 0.0966. The Morgan fingerprint density at radius 1 is 1.14 bits per heavy atom. The van der Waals surface area contributed by atoms with Gasteiger partial charge in [0.15, 0.2) is 0 Å². The molecule has 29 heavy (non-hydrogen) atoms. The number of hydrogen-bond acceptors (Lipinski definition) is 4. The monoisotopic (exact) mass is 389 g/mol. The fraction of sp³-hybridized carbons (Fsp3) is 0.0909. The summed E-state index contributed by atoms with van der Waals surface area (Å²) in [7, 11) is 0. The summed E-state index contributed by atoms with van der Waals surface area (Å²) in [5.41, 5.74) is 5.02. The van der Waals surface area contributed by atoms with E-state index < -0.39 is 0 Å². The van der Waals surface area contributed by atoms with Crippen molar-refractivity contribution in [3.63, 3.8) is 0 Å². The summed E-state index contributed by atoms with van der Waals surface area (Å²) < 4.78 is 13.4. The first-order valence-corrected chi connectivity index (χ1v) is 9.23. The Morgan fingerprint density at radius 2 is 2.00 bits per heavy atom. The summed E-state index contributed by atoms with van der Waals surface area (Å²) in [6.45, 7) is 0. The van der Waals surface area contributed by atoms with Crippen molar-refractivity contribution in [2.24, 2.45) is 0 Å². The number of aromatic nitrogens is 4. The zero-order chi connectivity index (χ0) is 19.8. The molecule has 0 atom stereocenters. The predicted octanol–water partition coefficient (Wildman–Crippen LogP) is 4.93. The van der Waals surface area contributed by atoms with Gasteiger partial charge in [0.25, 0.3) is 5.91 Å². The van der Waals surface area contributed by atoms with Crippen molar-refractivity contribution in [1.82, 2.24) is 25.3 Å². The van der Waals surface area contributed by atoms with Crippen LogP contribution in [0.2, 0.25) is 0 Å². The zero-order valence-corrected chi connectivity index (χ0v) is 15.3. The maximum atomic E-state index is 13.4. The largest absolute Gasteiger partial charge is 0.346 e. The number of pyridine rings is 1. The molecule has 3 aromatic heterocycles. The van der Waals surface area contributed by atoms with Gasteiger partial charge in [0.05, 0.1) is 16.6 Å². The van der Waals surface area contributed by atoms with E-state index in [1.165, 1.54) is 12.3 Å². The van der Waals surface area contributed by atoms with Crippen molar-refractivity contribution in [2.75, 3.05) is 0 Å². The second-order valence-corrected chi connectivity index (χ2v) is 6.83. The molecule has 0 unspecified atom stereocenters. The van der Waals surface area contributed by atoms with Gasteiger partial charge >= 0.3 is 0 Å². The number of H-pyrrole nitrogens is 1. The van der Waals surface area contributed by atoms with Gasteiger partial charge in [0.2, 0.25) is 0 Å². The van der Waals surface area contributed by atoms with E-state index in [9.17, 15) is 9.18 Å². The molecule has 1 amide bonds. The molecule has 1 aromatic carbocycles. The number of nitrogens with zero attached hydrogens (tertiary/aromatic N) is 3. The quantitative estimate of drug-likeness (QED) is 0.521. The maximum Gasteiger partial charge on any atom is 0.257 e. The number of benzene rings is 1. The first-order valence-electron chi connectivity index (χ1n) is 9.23. The van der Waals surface area contributed by atoms with Crippen LogP contribution in [0.5, 0.6) is 0 Å². The maximum absolute atomic E-state index is 13.4. The van der Waals surface area contributed by atoms with Crippen LogP contribution < -0.4 is 5.32 Å². The lowest BCUT2D eigenvalue weighted by Crippen LogP contribution is -2.22. The van der Waals surface area contributed by atoms with Gasteiger partial charge in [0, 0.05) is 50.7 Å². The Morgan fingerprint density at radius 3 is 2.86 bits per heavy atom. The number of amides is 1. The first-order chi connectivity index (χ1) is 14.2. The Labute approximate surface area is 168 Å². The Kier molecular flexibility index (Phi) is 4.13. The van der Waals surface area contributed by atoms with Crippen LogP contribution in [0.3, 0.4) is 0 Å². The summed E-state index contributed by atoms with van der Waals surface area (Å²) in [5, 5.41) is 3.56. The highest BCUT2D eigenvalue weighted by molar-refractivity contribution is 6.02. The standard InChI is InChI=1S/C22H16FN5O.2H2/c23-15-2-1-3-16(10-15)28-22(29)14-8-17-18(12-27-21(17)26-11-14)13-4-5-19-20(9-13)25-7-6-24-19;;/h3-12H,1-2H2,(H,26,27)(H,28,29);2*1H. The smallest absolute Gasteiger partial charge is 0.257 e. The van der Waals surface area contributed by atoms with E-state index in [2.05, 4.69) is 25.3 Å². The van der Waals surface area contributed by atoms with E-state index in [1.807, 2.05) is 30.5 Å². The molecule has 0 bridgehead atoms. The van der Waals surface area contributed by atoms with Crippen LogP contribution in [0.15, 0.2) is 72.7 Å². The van der Waals surface area contributed by atoms with Crippen LogP contribution in [-0.4, -0.2) is 25.8 Å². The van der Waals surface area contributed by atoms with Gasteiger partial charge < -0.3 is 10.3 Å². The second kappa shape index (κ2) is 6.94. The number of carbonyl (C=O) groups is 1. The summed E-state index contributed by atoms with van der Waals surface area (Å²) >= 11 is 0. The Balaban J connectivity index is 0.00000136. The zero-order valence-electron chi connectivity index (χ0n) is 15.3. The van der Waals surface area contributed by atoms with Gasteiger partial charge in [-0.25, -0.2) is 9.37 Å². The average molecular weight is 389 g/mol. The second-order valence-electron chi connectivity index (χ2n) is 6.83. The molecule has 3 heterocycles. The van der Waals surface area contributed by atoms with Crippen LogP contribution in [0.25, 0.3) is 33.2 Å². The van der Waals surface area contributed by atoms with Gasteiger partial charge in [0.1, 0.15) is 11.5 Å². The molecule has 7 heteroatoms. The number of fused-ring (bicyclic) bond motifs is 2. The lowest BCUT2D eigenvalue weighted by Gasteiger charge is -2.10. The third-order valence-corrected chi connectivity index (χ3v) is 4.89. The van der Waals surface area contributed by atoms with Crippen molar-refractivity contribution >= 4 is 28.0 Å². The number of aromatic amines is 1. The molecule has 2 N–H and O–H groups in total. The Hall–Kier alpha value is -3.87. The number of allylic oxidation sites excluding steroid dienone is 3. The molecule has 4 aromatic rings. The normalized spacial score (nSPS) is 14.0. The molecule has 1 aliphatic rings. The van der Waals surface area contributed by atoms with Crippen molar-refractivity contribution < 1.29 is 12.0 Å². The highest BCUT2D eigenvalue weighted by Gasteiger charge is 2.14. The highest BCUT2D eigenvalue weighted by atomic mass is 19.1. The first kappa shape index (κ1) is 17.2. The van der Waals surface area contributed by atoms with E-state index in [1.54, 1.807) is 18.5 Å². The van der Waals surface area contributed by atoms with Gasteiger partial charge in [-0.15, -0.1) is 0 Å². The van der Waals surface area contributed by atoms with Crippen molar-refractivity contribution in [3.05, 3.63) is 78.3 Å². The molecular weight excluding hydrogens is 369 g/mol. The Bertz CT molecular complexity index is 1330. The molecule has 0 saturated heterocycles. The van der Waals surface area contributed by atoms with Crippen LogP contribution in [0.1, 0.15) is 26.1 Å². The minimum atomic E-state index is -0.326. The minimum absolute atomic E-state index is 0. The van der Waals surface area contributed by atoms with Crippen molar-refractivity contribution in [2.45, 2.75) is 12.8 Å². The molecule has 0 spiro atoms. The third-order valence-electron chi connectivity index (χ3n) is 4.89. The number of carbonyl (C=O) groups excluding carboxylic acids is 1. The van der Waals surface area contributed by atoms with Gasteiger partial charge in [-0.05, 0) is 36.3 Å². The summed E-state index contributed by atoms with van der Waals surface area (Å²) in [6.07, 6.45) is 10.8. The molecule has 6 nitrogen and oxygen atoms in total. The summed E-state index contributed by atoms with van der Waals surface area (Å²) in [6, 6.07) is 7.62. The topological polar surface area (TPSA) is 83.6 Å². The van der Waals surface area contributed by atoms with Gasteiger partial charge in [-0.1, -0.05) is 12.1 Å². The third kappa shape index (κ3) is 3.27. The lowest BCUT2D eigenvalue weighted by atomic mass is 10.0. The molecule has 0 aliphatic heterocycles. The van der Waals surface area contributed by atoms with E-state index in [0.29, 0.717) is 29.7 Å². The van der Waals surface area contributed by atoms with Crippen LogP contribution >= 0.6 is 0 Å². The van der Waals surface area contributed by atoms with Gasteiger partial charge in [-0.3, -0.25) is 14.8 Å². The fourth-order valence-corrected chi connectivity index (χ4v) is 3.45. The highest BCUT2D eigenvalue weighted by Crippen LogP contribution is 2.30. The minimum Gasteiger partial charge on any atom is -0.346 e. The summed E-state index contributed by atoms with van der Waals surface area (Å²) in [5.74, 6) is -0.558. The van der Waals surface area contributed by atoms with Crippen LogP contribution in [0.4, 0.5) is 4.39 Å². The average Bonchev–Trinajstić information content (AvgIpc) is 3.16. The van der Waals surface area contributed by atoms with Gasteiger partial charge in [-0.2, -0.15) is 0 Å². The SMILES string of the molecule is O=C(NC1=CCCC(F)=C1)c1cnc2[nH]cc(-c3ccc4nccnc4c3)c2c1.[HH].[HH]. The van der Waals surface area contributed by atoms with Crippen molar-refractivity contribution in [1.29, 1.82) is 0 Å². The van der Waals surface area contributed by atoms with E-state index >= 15 is 0 Å². The van der Waals surface area contributed by atoms with Crippen molar-refractivity contribution in [3.8, 4) is 11.1 Å². The number of nitrogens with one attached hydrogen (secondary N) is 2. The molecular formula is C22H20FN5O. The number of rotatable bonds is 3. The molecule has 0 radical (unpaired) electrons. The van der Waals surface area contributed by atoms with Crippen LogP contribution in [-0.2, 0) is 0 Å². The fourth-order valence-electron chi connectivity index (χ4n) is 3.45. The summed E-state index contributed by atoms with van der Waals surface area (Å²) in [4.78, 5) is 28.8. The van der Waals surface area contributed by atoms with E-state index in [-0.39, 0.29) is 14.6 Å². The molecule has 146 valence electrons.